The van der Waals surface area contributed by atoms with Crippen LogP contribution >= 0.6 is 0 Å². The summed E-state index contributed by atoms with van der Waals surface area (Å²) in [5.74, 6) is 0. The van der Waals surface area contributed by atoms with E-state index in [2.05, 4.69) is 0 Å². The summed E-state index contributed by atoms with van der Waals surface area (Å²) in [6.45, 7) is 0. The van der Waals surface area contributed by atoms with Crippen molar-refractivity contribution in [3.8, 4) is 0 Å². The van der Waals surface area contributed by atoms with Gasteiger partial charge < -0.3 is 5.11 Å². The van der Waals surface area contributed by atoms with E-state index in [4.69, 9.17) is 5.11 Å². The van der Waals surface area contributed by atoms with E-state index in [9.17, 15) is 0 Å². The van der Waals surface area contributed by atoms with Gasteiger partial charge >= 0.3 is 23.1 Å². The summed E-state index contributed by atoms with van der Waals surface area (Å²) in [7, 11) is 0. The molecule has 0 aromatic carbocycles. The maximum atomic E-state index is 8.91. The minimum Gasteiger partial charge on any atom is -0.393 e. The van der Waals surface area contributed by atoms with Crippen molar-refractivity contribution in [2.24, 2.45) is 0 Å². The maximum absolute atomic E-state index is 8.91. The van der Waals surface area contributed by atoms with Crippen LogP contribution in [0.4, 0.5) is 0 Å². The van der Waals surface area contributed by atoms with Crippen molar-refractivity contribution in [1.29, 1.82) is 0 Å². The van der Waals surface area contributed by atoms with Crippen LogP contribution in [0, 0.1) is 0 Å². The largest absolute Gasteiger partial charge is 2.00 e. The molecule has 0 atom stereocenters. The Balaban J connectivity index is 0.000000490. The Morgan fingerprint density at radius 2 is 1.50 bits per heavy atom. The molecule has 8 heavy (non-hydrogen) atoms. The predicted octanol–water partition coefficient (Wildman–Crippen LogP) is 0.931. The molecular formula is C6H12MgO+2. The van der Waals surface area contributed by atoms with Crippen LogP contribution in [0.5, 0.6) is 0 Å². The fraction of sp³-hybridized carbons (Fsp3) is 1.00. The van der Waals surface area contributed by atoms with Gasteiger partial charge in [0.1, 0.15) is 0 Å². The standard InChI is InChI=1S/C6H12O.Mg/c7-6-4-2-1-3-5-6;/h6-7H,1-5H2;/q;+2. The Morgan fingerprint density at radius 1 is 1.00 bits per heavy atom. The van der Waals surface area contributed by atoms with Crippen LogP contribution in [0.3, 0.4) is 0 Å². The third kappa shape index (κ3) is 2.90. The van der Waals surface area contributed by atoms with Gasteiger partial charge in [-0.05, 0) is 12.8 Å². The second-order valence-corrected chi connectivity index (χ2v) is 2.29. The van der Waals surface area contributed by atoms with E-state index in [0.717, 1.165) is 12.8 Å². The molecule has 1 rings (SSSR count). The van der Waals surface area contributed by atoms with Crippen molar-refractivity contribution in [1.82, 2.24) is 0 Å². The Labute approximate surface area is 66.6 Å². The van der Waals surface area contributed by atoms with E-state index >= 15 is 0 Å². The maximum Gasteiger partial charge on any atom is 2.00 e. The van der Waals surface area contributed by atoms with Crippen molar-refractivity contribution in [2.75, 3.05) is 0 Å². The number of rotatable bonds is 0. The molecule has 0 aromatic heterocycles. The van der Waals surface area contributed by atoms with Gasteiger partial charge in [-0.3, -0.25) is 0 Å². The van der Waals surface area contributed by atoms with E-state index in [1.807, 2.05) is 0 Å². The molecule has 0 heterocycles. The van der Waals surface area contributed by atoms with Crippen molar-refractivity contribution < 1.29 is 5.11 Å². The molecule has 42 valence electrons. The Kier molecular flexibility index (Phi) is 5.01. The first-order valence-corrected chi connectivity index (χ1v) is 3.07. The summed E-state index contributed by atoms with van der Waals surface area (Å²) in [5.41, 5.74) is 0. The smallest absolute Gasteiger partial charge is 0.393 e. The van der Waals surface area contributed by atoms with Crippen LogP contribution in [0.25, 0.3) is 0 Å². The zero-order valence-electron chi connectivity index (χ0n) is 5.27. The average molecular weight is 124 g/mol. The van der Waals surface area contributed by atoms with Crippen LogP contribution < -0.4 is 0 Å². The van der Waals surface area contributed by atoms with Crippen LogP contribution in [-0.2, 0) is 0 Å². The van der Waals surface area contributed by atoms with Gasteiger partial charge in [-0.2, -0.15) is 0 Å². The van der Waals surface area contributed by atoms with Gasteiger partial charge in [0.25, 0.3) is 0 Å². The van der Waals surface area contributed by atoms with E-state index < -0.39 is 0 Å². The molecule has 1 saturated carbocycles. The number of aliphatic hydroxyl groups is 1. The molecule has 1 nitrogen and oxygen atoms in total. The van der Waals surface area contributed by atoms with Crippen LogP contribution in [0.2, 0.25) is 0 Å². The molecule has 0 bridgehead atoms. The molecule has 1 N–H and O–H groups in total. The van der Waals surface area contributed by atoms with E-state index in [1.54, 1.807) is 0 Å². The molecule has 0 amide bonds. The summed E-state index contributed by atoms with van der Waals surface area (Å²) < 4.78 is 0. The second kappa shape index (κ2) is 4.59. The monoisotopic (exact) mass is 124 g/mol. The average Bonchev–Trinajstić information content (AvgIpc) is 1.69. The van der Waals surface area contributed by atoms with Gasteiger partial charge in [-0.15, -0.1) is 0 Å². The van der Waals surface area contributed by atoms with Crippen molar-refractivity contribution in [2.45, 2.75) is 38.2 Å². The molecule has 0 saturated heterocycles. The third-order valence-electron chi connectivity index (χ3n) is 1.57. The molecule has 1 fully saturated rings. The third-order valence-corrected chi connectivity index (χ3v) is 1.57. The van der Waals surface area contributed by atoms with E-state index in [1.165, 1.54) is 19.3 Å². The van der Waals surface area contributed by atoms with Gasteiger partial charge in [0.2, 0.25) is 0 Å². The first-order valence-electron chi connectivity index (χ1n) is 3.07. The minimum absolute atomic E-state index is 0. The Bertz CT molecular complexity index is 50.5. The minimum atomic E-state index is 0. The summed E-state index contributed by atoms with van der Waals surface area (Å²) in [6.07, 6.45) is 5.92. The zero-order chi connectivity index (χ0) is 5.11. The first kappa shape index (κ1) is 8.73. The molecule has 0 aromatic rings. The molecule has 0 aliphatic heterocycles. The topological polar surface area (TPSA) is 20.2 Å². The molecular weight excluding hydrogens is 112 g/mol. The number of aliphatic hydroxyl groups excluding tert-OH is 1. The second-order valence-electron chi connectivity index (χ2n) is 2.29. The molecule has 1 aliphatic carbocycles. The Morgan fingerprint density at radius 3 is 1.75 bits per heavy atom. The van der Waals surface area contributed by atoms with Gasteiger partial charge in [0.15, 0.2) is 0 Å². The molecule has 1 aliphatic rings. The van der Waals surface area contributed by atoms with Gasteiger partial charge in [-0.25, -0.2) is 0 Å². The SMILES string of the molecule is OC1CCCCC1.[Mg+2]. The van der Waals surface area contributed by atoms with Crippen LogP contribution in [0.1, 0.15) is 32.1 Å². The number of hydrogen-bond acceptors (Lipinski definition) is 1. The summed E-state index contributed by atoms with van der Waals surface area (Å²) in [5, 5.41) is 8.91. The molecule has 0 unspecified atom stereocenters. The number of hydrogen-bond donors (Lipinski definition) is 1. The molecule has 2 heteroatoms. The van der Waals surface area contributed by atoms with E-state index in [-0.39, 0.29) is 29.2 Å². The van der Waals surface area contributed by atoms with Gasteiger partial charge in [-0.1, -0.05) is 19.3 Å². The Hall–Kier alpha value is 0.726. The predicted molar refractivity (Wildman–Crippen MR) is 34.8 cm³/mol. The van der Waals surface area contributed by atoms with E-state index in [0.29, 0.717) is 0 Å². The molecule has 0 spiro atoms. The van der Waals surface area contributed by atoms with Gasteiger partial charge in [0, 0.05) is 0 Å². The fourth-order valence-electron chi connectivity index (χ4n) is 1.08. The van der Waals surface area contributed by atoms with Crippen molar-refractivity contribution >= 4 is 23.1 Å². The van der Waals surface area contributed by atoms with Crippen LogP contribution in [0.15, 0.2) is 0 Å². The molecule has 0 radical (unpaired) electrons. The normalized spacial score (nSPS) is 22.1. The van der Waals surface area contributed by atoms with Crippen molar-refractivity contribution in [3.05, 3.63) is 0 Å². The quantitative estimate of drug-likeness (QED) is 0.477. The summed E-state index contributed by atoms with van der Waals surface area (Å²) >= 11 is 0. The van der Waals surface area contributed by atoms with Crippen LogP contribution in [-0.4, -0.2) is 34.3 Å². The summed E-state index contributed by atoms with van der Waals surface area (Å²) in [6, 6.07) is 0. The van der Waals surface area contributed by atoms with Gasteiger partial charge in [0.05, 0.1) is 6.10 Å². The first-order chi connectivity index (χ1) is 3.39. The summed E-state index contributed by atoms with van der Waals surface area (Å²) in [4.78, 5) is 0. The fourth-order valence-corrected chi connectivity index (χ4v) is 1.08. The zero-order valence-corrected chi connectivity index (χ0v) is 6.68. The van der Waals surface area contributed by atoms with Crippen molar-refractivity contribution in [3.63, 3.8) is 0 Å².